The second-order valence-corrected chi connectivity index (χ2v) is 10.4. The van der Waals surface area contributed by atoms with Gasteiger partial charge in [0, 0.05) is 29.9 Å². The molecule has 0 saturated carbocycles. The number of rotatable bonds is 11. The molecule has 0 spiro atoms. The molecular weight excluding hydrogens is 466 g/mol. The van der Waals surface area contributed by atoms with Gasteiger partial charge in [-0.25, -0.2) is 9.97 Å². The summed E-state index contributed by atoms with van der Waals surface area (Å²) in [5, 5.41) is 0. The quantitative estimate of drug-likeness (QED) is 0.259. The van der Waals surface area contributed by atoms with Crippen molar-refractivity contribution >= 4 is 11.9 Å². The first-order valence-corrected chi connectivity index (χ1v) is 14.4. The molecule has 4 nitrogen and oxygen atoms in total. The van der Waals surface area contributed by atoms with E-state index in [-0.39, 0.29) is 5.78 Å². The first-order valence-electron chi connectivity index (χ1n) is 14.4. The Bertz CT molecular complexity index is 1160. The Kier molecular flexibility index (Phi) is 11.9. The van der Waals surface area contributed by atoms with Crippen molar-refractivity contribution in [2.75, 3.05) is 20.1 Å². The Hall–Kier alpha value is -3.11. The number of carbonyl (C=O) groups excluding carboxylic acids is 1. The van der Waals surface area contributed by atoms with Gasteiger partial charge in [0.15, 0.2) is 5.78 Å². The van der Waals surface area contributed by atoms with Gasteiger partial charge >= 0.3 is 0 Å². The monoisotopic (exact) mass is 511 g/mol. The van der Waals surface area contributed by atoms with Crippen molar-refractivity contribution in [1.29, 1.82) is 0 Å². The van der Waals surface area contributed by atoms with E-state index in [1.54, 1.807) is 0 Å². The molecule has 0 radical (unpaired) electrons. The van der Waals surface area contributed by atoms with Gasteiger partial charge in [-0.3, -0.25) is 4.79 Å². The van der Waals surface area contributed by atoms with Crippen LogP contribution in [0, 0.1) is 0 Å². The maximum atomic E-state index is 12.7. The SMILES string of the molecule is CCCN(C)CCC.CCC[C@@H](CC)c1ccc(Cc2cc(-c3cncnc3)cc3c2C(=O)CC=C3)cc1. The minimum absolute atomic E-state index is 0.198. The highest BCUT2D eigenvalue weighted by Crippen LogP contribution is 2.31. The Labute approximate surface area is 230 Å². The molecule has 38 heavy (non-hydrogen) atoms. The van der Waals surface area contributed by atoms with Crippen molar-refractivity contribution in [2.24, 2.45) is 0 Å². The summed E-state index contributed by atoms with van der Waals surface area (Å²) in [6, 6.07) is 13.2. The molecule has 0 fully saturated rings. The molecule has 0 N–H and O–H groups in total. The maximum absolute atomic E-state index is 12.7. The standard InChI is InChI=1S/C27H28N2O.C7H17N/c1-3-6-20(4-2)21-11-9-19(10-12-21)13-24-15-23(25-16-28-18-29-17-25)14-22-7-5-8-26(30)27(22)24;1-4-6-8(3)7-5-2/h5,7,9-12,14-18,20H,3-4,6,8,13H2,1-2H3;4-7H2,1-3H3/t20-;/m1./s1. The molecule has 4 rings (SSSR count). The number of allylic oxidation sites excluding steroid dienone is 1. The number of aromatic nitrogens is 2. The summed E-state index contributed by atoms with van der Waals surface area (Å²) < 4.78 is 0. The summed E-state index contributed by atoms with van der Waals surface area (Å²) in [6.07, 6.45) is 16.6. The minimum Gasteiger partial charge on any atom is -0.306 e. The summed E-state index contributed by atoms with van der Waals surface area (Å²) in [7, 11) is 2.17. The second kappa shape index (κ2) is 15.3. The van der Waals surface area contributed by atoms with Gasteiger partial charge in [0.05, 0.1) is 0 Å². The van der Waals surface area contributed by atoms with Gasteiger partial charge in [-0.05, 0) is 98.1 Å². The van der Waals surface area contributed by atoms with E-state index < -0.39 is 0 Å². The molecule has 0 amide bonds. The Morgan fingerprint density at radius 2 is 1.58 bits per heavy atom. The number of benzene rings is 2. The average Bonchev–Trinajstić information content (AvgIpc) is 2.93. The summed E-state index contributed by atoms with van der Waals surface area (Å²) in [5.41, 5.74) is 7.60. The normalized spacial score (nSPS) is 13.2. The van der Waals surface area contributed by atoms with E-state index in [9.17, 15) is 4.79 Å². The number of hydrogen-bond acceptors (Lipinski definition) is 4. The number of nitrogens with zero attached hydrogens (tertiary/aromatic N) is 3. The summed E-state index contributed by atoms with van der Waals surface area (Å²) >= 11 is 0. The molecule has 1 aromatic heterocycles. The molecule has 1 aliphatic carbocycles. The van der Waals surface area contributed by atoms with Crippen molar-refractivity contribution in [3.05, 3.63) is 89.0 Å². The summed E-state index contributed by atoms with van der Waals surface area (Å²) in [5.74, 6) is 0.828. The van der Waals surface area contributed by atoms with Crippen LogP contribution in [0.2, 0.25) is 0 Å². The number of Topliss-reactive ketones (excluding diaryl/α,β-unsaturated/α-hetero) is 1. The average molecular weight is 512 g/mol. The van der Waals surface area contributed by atoms with E-state index >= 15 is 0 Å². The molecule has 2 aromatic carbocycles. The molecule has 3 aromatic rings. The van der Waals surface area contributed by atoms with Gasteiger partial charge in [0.25, 0.3) is 0 Å². The van der Waals surface area contributed by atoms with Crippen molar-refractivity contribution < 1.29 is 4.79 Å². The van der Waals surface area contributed by atoms with Crippen molar-refractivity contribution in [1.82, 2.24) is 14.9 Å². The molecule has 1 aliphatic rings. The fraction of sp³-hybridized carbons (Fsp3) is 0.441. The third kappa shape index (κ3) is 8.19. The summed E-state index contributed by atoms with van der Waals surface area (Å²) in [4.78, 5) is 23.4. The predicted octanol–water partition coefficient (Wildman–Crippen LogP) is 8.37. The molecule has 0 aliphatic heterocycles. The molecule has 0 saturated heterocycles. The lowest BCUT2D eigenvalue weighted by Gasteiger charge is -2.18. The highest BCUT2D eigenvalue weighted by atomic mass is 16.1. The predicted molar refractivity (Wildman–Crippen MR) is 161 cm³/mol. The van der Waals surface area contributed by atoms with Crippen LogP contribution in [0.1, 0.15) is 105 Å². The van der Waals surface area contributed by atoms with Crippen molar-refractivity contribution in [3.8, 4) is 11.1 Å². The van der Waals surface area contributed by atoms with Crippen molar-refractivity contribution in [3.63, 3.8) is 0 Å². The Balaban J connectivity index is 0.000000436. The van der Waals surface area contributed by atoms with E-state index in [0.717, 1.165) is 34.2 Å². The maximum Gasteiger partial charge on any atom is 0.167 e. The number of ketones is 1. The topological polar surface area (TPSA) is 46.1 Å². The fourth-order valence-electron chi connectivity index (χ4n) is 5.31. The zero-order chi connectivity index (χ0) is 27.3. The molecule has 0 unspecified atom stereocenters. The number of hydrogen-bond donors (Lipinski definition) is 0. The number of carbonyl (C=O) groups is 1. The molecule has 202 valence electrons. The molecule has 1 atom stereocenters. The van der Waals surface area contributed by atoms with Crippen LogP contribution in [0.15, 0.2) is 61.2 Å². The van der Waals surface area contributed by atoms with E-state index in [0.29, 0.717) is 12.3 Å². The van der Waals surface area contributed by atoms with Crippen LogP contribution in [0.25, 0.3) is 17.2 Å². The zero-order valence-electron chi connectivity index (χ0n) is 24.0. The molecule has 1 heterocycles. The van der Waals surface area contributed by atoms with Crippen LogP contribution < -0.4 is 0 Å². The third-order valence-electron chi connectivity index (χ3n) is 7.21. The molecule has 0 bridgehead atoms. The summed E-state index contributed by atoms with van der Waals surface area (Å²) in [6.45, 7) is 11.4. The smallest absolute Gasteiger partial charge is 0.167 e. The first-order chi connectivity index (χ1) is 18.5. The largest absolute Gasteiger partial charge is 0.306 e. The third-order valence-corrected chi connectivity index (χ3v) is 7.21. The van der Waals surface area contributed by atoms with Crippen LogP contribution in [0.4, 0.5) is 0 Å². The number of fused-ring (bicyclic) bond motifs is 1. The van der Waals surface area contributed by atoms with Gasteiger partial charge in [0.2, 0.25) is 0 Å². The van der Waals surface area contributed by atoms with Gasteiger partial charge in [-0.2, -0.15) is 0 Å². The van der Waals surface area contributed by atoms with Gasteiger partial charge in [-0.15, -0.1) is 0 Å². The van der Waals surface area contributed by atoms with Gasteiger partial charge < -0.3 is 4.90 Å². The lowest BCUT2D eigenvalue weighted by Crippen LogP contribution is -2.19. The Morgan fingerprint density at radius 3 is 2.18 bits per heavy atom. The zero-order valence-corrected chi connectivity index (χ0v) is 24.0. The van der Waals surface area contributed by atoms with Crippen LogP contribution >= 0.6 is 0 Å². The van der Waals surface area contributed by atoms with E-state index in [1.807, 2.05) is 18.5 Å². The Morgan fingerprint density at radius 1 is 0.895 bits per heavy atom. The van der Waals surface area contributed by atoms with Gasteiger partial charge in [0.1, 0.15) is 6.33 Å². The van der Waals surface area contributed by atoms with E-state index in [1.165, 1.54) is 62.6 Å². The van der Waals surface area contributed by atoms with E-state index in [2.05, 4.69) is 92.1 Å². The first kappa shape index (κ1) is 29.4. The second-order valence-electron chi connectivity index (χ2n) is 10.4. The fourth-order valence-corrected chi connectivity index (χ4v) is 5.31. The van der Waals surface area contributed by atoms with E-state index in [4.69, 9.17) is 0 Å². The lowest BCUT2D eigenvalue weighted by atomic mass is 9.85. The van der Waals surface area contributed by atoms with Crippen molar-refractivity contribution in [2.45, 2.75) is 78.6 Å². The highest BCUT2D eigenvalue weighted by molar-refractivity contribution is 6.04. The van der Waals surface area contributed by atoms with Crippen LogP contribution in [0.3, 0.4) is 0 Å². The molecular formula is C34H45N3O. The highest BCUT2D eigenvalue weighted by Gasteiger charge is 2.20. The lowest BCUT2D eigenvalue weighted by molar-refractivity contribution is 0.0994. The van der Waals surface area contributed by atoms with Crippen LogP contribution in [-0.2, 0) is 6.42 Å². The minimum atomic E-state index is 0.198. The van der Waals surface area contributed by atoms with Crippen LogP contribution in [-0.4, -0.2) is 40.8 Å². The molecule has 4 heteroatoms. The van der Waals surface area contributed by atoms with Gasteiger partial charge in [-0.1, -0.05) is 70.5 Å². The van der Waals surface area contributed by atoms with Crippen LogP contribution in [0.5, 0.6) is 0 Å².